The zero-order valence-corrected chi connectivity index (χ0v) is 22.1. The van der Waals surface area contributed by atoms with Crippen LogP contribution in [-0.4, -0.2) is 53.8 Å². The van der Waals surface area contributed by atoms with Crippen molar-refractivity contribution < 1.29 is 9.53 Å². The van der Waals surface area contributed by atoms with Gasteiger partial charge in [0, 0.05) is 37.6 Å². The van der Waals surface area contributed by atoms with Gasteiger partial charge in [0.25, 0.3) is 5.56 Å². The van der Waals surface area contributed by atoms with Gasteiger partial charge in [0.15, 0.2) is 0 Å². The van der Waals surface area contributed by atoms with Crippen molar-refractivity contribution in [1.29, 1.82) is 0 Å². The zero-order chi connectivity index (χ0) is 26.6. The number of hydrogen-bond donors (Lipinski definition) is 4. The third-order valence-corrected chi connectivity index (χ3v) is 7.14. The highest BCUT2D eigenvalue weighted by Crippen LogP contribution is 2.30. The molecule has 1 amide bonds. The van der Waals surface area contributed by atoms with Crippen molar-refractivity contribution in [2.75, 3.05) is 37.0 Å². The molecule has 1 aliphatic rings. The Labute approximate surface area is 221 Å². The highest BCUT2D eigenvalue weighted by atomic mass is 16.5. The lowest BCUT2D eigenvalue weighted by Crippen LogP contribution is -2.44. The third-order valence-electron chi connectivity index (χ3n) is 7.14. The standard InChI is InChI=1S/C29H34N6O3/c1-18-5-4-6-20(15-18)7-11-30-23-8-12-31-28(36)25(23)27-33-24-17-22(16-19(2)26(24)34-27)35-13-9-21(10-14-35)32-29(37)38-3/h4-6,8,12,15-17,21H,7,9-11,13-14H2,1-3H3,(H,32,37)(H,33,34)(H2,30,31,36). The number of benzene rings is 2. The van der Waals surface area contributed by atoms with Crippen LogP contribution in [0, 0.1) is 13.8 Å². The quantitative estimate of drug-likeness (QED) is 0.288. The van der Waals surface area contributed by atoms with Gasteiger partial charge in [-0.2, -0.15) is 0 Å². The summed E-state index contributed by atoms with van der Waals surface area (Å²) in [7, 11) is 1.38. The summed E-state index contributed by atoms with van der Waals surface area (Å²) >= 11 is 0. The number of nitrogens with zero attached hydrogens (tertiary/aromatic N) is 2. The van der Waals surface area contributed by atoms with E-state index in [9.17, 15) is 9.59 Å². The fraction of sp³-hybridized carbons (Fsp3) is 0.345. The van der Waals surface area contributed by atoms with Crippen LogP contribution in [0.5, 0.6) is 0 Å². The molecule has 2 aromatic carbocycles. The number of carbonyl (C=O) groups is 1. The number of imidazole rings is 1. The molecule has 0 bridgehead atoms. The van der Waals surface area contributed by atoms with Gasteiger partial charge in [0.1, 0.15) is 11.4 Å². The van der Waals surface area contributed by atoms with Crippen molar-refractivity contribution in [3.05, 3.63) is 75.7 Å². The summed E-state index contributed by atoms with van der Waals surface area (Å²) in [5.74, 6) is 0.543. The maximum absolute atomic E-state index is 12.9. The number of rotatable bonds is 7. The molecule has 0 saturated carbocycles. The second-order valence-corrected chi connectivity index (χ2v) is 9.90. The Morgan fingerprint density at radius 3 is 2.74 bits per heavy atom. The van der Waals surface area contributed by atoms with Gasteiger partial charge < -0.3 is 30.2 Å². The van der Waals surface area contributed by atoms with E-state index < -0.39 is 0 Å². The minimum absolute atomic E-state index is 0.115. The van der Waals surface area contributed by atoms with Gasteiger partial charge in [0.05, 0.1) is 23.8 Å². The lowest BCUT2D eigenvalue weighted by Gasteiger charge is -2.33. The number of piperidine rings is 1. The molecule has 198 valence electrons. The van der Waals surface area contributed by atoms with Crippen molar-refractivity contribution in [3.63, 3.8) is 0 Å². The molecule has 4 N–H and O–H groups in total. The first-order valence-corrected chi connectivity index (χ1v) is 13.0. The molecule has 0 radical (unpaired) electrons. The predicted molar refractivity (Wildman–Crippen MR) is 151 cm³/mol. The summed E-state index contributed by atoms with van der Waals surface area (Å²) in [5.41, 5.74) is 7.42. The largest absolute Gasteiger partial charge is 0.453 e. The van der Waals surface area contributed by atoms with E-state index in [2.05, 4.69) is 68.8 Å². The molecule has 4 aromatic rings. The summed E-state index contributed by atoms with van der Waals surface area (Å²) in [5, 5.41) is 6.33. The van der Waals surface area contributed by atoms with Crippen LogP contribution >= 0.6 is 0 Å². The van der Waals surface area contributed by atoms with Gasteiger partial charge in [-0.05, 0) is 62.4 Å². The molecule has 5 rings (SSSR count). The van der Waals surface area contributed by atoms with Gasteiger partial charge in [-0.3, -0.25) is 4.79 Å². The number of anilines is 2. The first kappa shape index (κ1) is 25.4. The topological polar surface area (TPSA) is 115 Å². The summed E-state index contributed by atoms with van der Waals surface area (Å²) < 4.78 is 4.73. The number of aromatic amines is 2. The highest BCUT2D eigenvalue weighted by Gasteiger charge is 2.22. The van der Waals surface area contributed by atoms with E-state index in [1.807, 2.05) is 13.0 Å². The van der Waals surface area contributed by atoms with Crippen molar-refractivity contribution >= 4 is 28.5 Å². The van der Waals surface area contributed by atoms with Crippen LogP contribution in [0.15, 0.2) is 53.5 Å². The van der Waals surface area contributed by atoms with E-state index in [0.717, 1.165) is 60.3 Å². The molecule has 1 saturated heterocycles. The smallest absolute Gasteiger partial charge is 0.407 e. The second-order valence-electron chi connectivity index (χ2n) is 9.90. The molecule has 9 heteroatoms. The molecule has 0 unspecified atom stereocenters. The Balaban J connectivity index is 1.35. The first-order chi connectivity index (χ1) is 18.4. The lowest BCUT2D eigenvalue weighted by molar-refractivity contribution is 0.164. The Morgan fingerprint density at radius 1 is 1.16 bits per heavy atom. The number of nitrogens with one attached hydrogen (secondary N) is 4. The summed E-state index contributed by atoms with van der Waals surface area (Å²) in [4.78, 5) is 37.8. The fourth-order valence-corrected chi connectivity index (χ4v) is 5.15. The lowest BCUT2D eigenvalue weighted by atomic mass is 10.0. The molecule has 0 aliphatic carbocycles. The average Bonchev–Trinajstić information content (AvgIpc) is 3.33. The average molecular weight is 515 g/mol. The number of hydrogen-bond acceptors (Lipinski definition) is 6. The van der Waals surface area contributed by atoms with Crippen molar-refractivity contribution in [3.8, 4) is 11.4 Å². The normalized spacial score (nSPS) is 14.0. The Morgan fingerprint density at radius 2 is 1.97 bits per heavy atom. The van der Waals surface area contributed by atoms with Gasteiger partial charge in [-0.1, -0.05) is 29.8 Å². The SMILES string of the molecule is COC(=O)NC1CCN(c2cc(C)c3nc(-c4c(NCCc5cccc(C)c5)cc[nH]c4=O)[nH]c3c2)CC1. The molecular formula is C29H34N6O3. The van der Waals surface area contributed by atoms with Crippen LogP contribution in [-0.2, 0) is 11.2 Å². The number of alkyl carbamates (subject to hydrolysis) is 1. The monoisotopic (exact) mass is 514 g/mol. The van der Waals surface area contributed by atoms with E-state index in [4.69, 9.17) is 9.72 Å². The molecule has 38 heavy (non-hydrogen) atoms. The van der Waals surface area contributed by atoms with E-state index in [1.165, 1.54) is 18.2 Å². The van der Waals surface area contributed by atoms with Gasteiger partial charge in [-0.15, -0.1) is 0 Å². The second kappa shape index (κ2) is 11.0. The fourth-order valence-electron chi connectivity index (χ4n) is 5.15. The van der Waals surface area contributed by atoms with Crippen molar-refractivity contribution in [2.24, 2.45) is 0 Å². The highest BCUT2D eigenvalue weighted by molar-refractivity contribution is 5.87. The minimum atomic E-state index is -0.384. The number of H-pyrrole nitrogens is 2. The molecule has 1 fully saturated rings. The van der Waals surface area contributed by atoms with Crippen molar-refractivity contribution in [1.82, 2.24) is 20.3 Å². The number of carbonyl (C=O) groups excluding carboxylic acids is 1. The molecule has 3 heterocycles. The first-order valence-electron chi connectivity index (χ1n) is 13.0. The van der Waals surface area contributed by atoms with Crippen LogP contribution in [0.4, 0.5) is 16.2 Å². The van der Waals surface area contributed by atoms with Gasteiger partial charge >= 0.3 is 6.09 Å². The number of pyridine rings is 1. The Bertz CT molecular complexity index is 1500. The maximum atomic E-state index is 12.9. The van der Waals surface area contributed by atoms with Gasteiger partial charge in [0.2, 0.25) is 0 Å². The molecular weight excluding hydrogens is 480 g/mol. The van der Waals surface area contributed by atoms with Crippen LogP contribution in [0.1, 0.15) is 29.5 Å². The van der Waals surface area contributed by atoms with Crippen LogP contribution in [0.3, 0.4) is 0 Å². The number of aromatic nitrogens is 3. The maximum Gasteiger partial charge on any atom is 0.407 e. The summed E-state index contributed by atoms with van der Waals surface area (Å²) in [6.07, 6.45) is 3.81. The molecule has 1 aliphatic heterocycles. The summed E-state index contributed by atoms with van der Waals surface area (Å²) in [6, 6.07) is 14.7. The molecule has 0 atom stereocenters. The number of methoxy groups -OCH3 is 1. The minimum Gasteiger partial charge on any atom is -0.453 e. The van der Waals surface area contributed by atoms with E-state index in [1.54, 1.807) is 6.20 Å². The summed E-state index contributed by atoms with van der Waals surface area (Å²) in [6.45, 7) is 6.48. The number of amides is 1. The van der Waals surface area contributed by atoms with Crippen LogP contribution < -0.4 is 21.1 Å². The Kier molecular flexibility index (Phi) is 7.35. The van der Waals surface area contributed by atoms with Crippen LogP contribution in [0.25, 0.3) is 22.4 Å². The zero-order valence-electron chi connectivity index (χ0n) is 22.1. The third kappa shape index (κ3) is 5.51. The molecule has 9 nitrogen and oxygen atoms in total. The van der Waals surface area contributed by atoms with Gasteiger partial charge in [-0.25, -0.2) is 9.78 Å². The number of ether oxygens (including phenoxy) is 1. The van der Waals surface area contributed by atoms with E-state index in [-0.39, 0.29) is 17.7 Å². The van der Waals surface area contributed by atoms with E-state index >= 15 is 0 Å². The van der Waals surface area contributed by atoms with Crippen LogP contribution in [0.2, 0.25) is 0 Å². The molecule has 2 aromatic heterocycles. The number of fused-ring (bicyclic) bond motifs is 1. The van der Waals surface area contributed by atoms with Crippen molar-refractivity contribution in [2.45, 2.75) is 39.2 Å². The predicted octanol–water partition coefficient (Wildman–Crippen LogP) is 4.51. The Hall–Kier alpha value is -4.27. The molecule has 0 spiro atoms. The van der Waals surface area contributed by atoms with E-state index in [0.29, 0.717) is 17.9 Å². The number of aryl methyl sites for hydroxylation is 2.